The van der Waals surface area contributed by atoms with Crippen LogP contribution in [0.15, 0.2) is 42.5 Å². The Hall–Kier alpha value is -2.43. The number of amides is 1. The fourth-order valence-electron chi connectivity index (χ4n) is 2.38. The van der Waals surface area contributed by atoms with Crippen LogP contribution in [0.2, 0.25) is 0 Å². The first-order valence-electron chi connectivity index (χ1n) is 8.08. The van der Waals surface area contributed by atoms with E-state index in [0.717, 1.165) is 11.4 Å². The summed E-state index contributed by atoms with van der Waals surface area (Å²) in [4.78, 5) is 14.6. The summed E-state index contributed by atoms with van der Waals surface area (Å²) in [6, 6.07) is 14.2. The molecular weight excluding hydrogens is 288 g/mol. The van der Waals surface area contributed by atoms with Gasteiger partial charge in [0.25, 0.3) is 5.91 Å². The highest BCUT2D eigenvalue weighted by atomic mass is 16.2. The summed E-state index contributed by atoms with van der Waals surface area (Å²) >= 11 is 0. The van der Waals surface area contributed by atoms with Crippen LogP contribution in [0.25, 0.3) is 0 Å². The van der Waals surface area contributed by atoms with Gasteiger partial charge in [0, 0.05) is 18.6 Å². The Bertz CT molecular complexity index is 650. The number of nitrogens with zero attached hydrogens (tertiary/aromatic N) is 3. The molecule has 0 saturated heterocycles. The van der Waals surface area contributed by atoms with Crippen LogP contribution in [0, 0.1) is 0 Å². The minimum absolute atomic E-state index is 0.0886. The highest BCUT2D eigenvalue weighted by molar-refractivity contribution is 5.92. The maximum atomic E-state index is 12.7. The molecule has 0 aliphatic heterocycles. The van der Waals surface area contributed by atoms with E-state index in [1.807, 2.05) is 55.1 Å². The summed E-state index contributed by atoms with van der Waals surface area (Å²) in [5.41, 5.74) is 1.49. The van der Waals surface area contributed by atoms with Crippen molar-refractivity contribution in [3.8, 4) is 0 Å². The van der Waals surface area contributed by atoms with Crippen molar-refractivity contribution in [1.82, 2.24) is 15.1 Å². The van der Waals surface area contributed by atoms with Crippen molar-refractivity contribution in [2.75, 3.05) is 5.32 Å². The molecule has 2 aromatic rings. The summed E-state index contributed by atoms with van der Waals surface area (Å²) in [5, 5.41) is 11.5. The number of carbonyl (C=O) groups excluding carboxylic acids is 1. The summed E-state index contributed by atoms with van der Waals surface area (Å²) in [7, 11) is 0. The van der Waals surface area contributed by atoms with Crippen LogP contribution in [0.5, 0.6) is 0 Å². The molecule has 1 N–H and O–H groups in total. The fraction of sp³-hybridized carbons (Fsp3) is 0.389. The Labute approximate surface area is 136 Å². The van der Waals surface area contributed by atoms with Crippen LogP contribution in [0.3, 0.4) is 0 Å². The zero-order chi connectivity index (χ0) is 16.2. The lowest BCUT2D eigenvalue weighted by Crippen LogP contribution is -2.37. The van der Waals surface area contributed by atoms with Crippen molar-refractivity contribution in [2.45, 2.75) is 45.3 Å². The van der Waals surface area contributed by atoms with Crippen LogP contribution in [0.1, 0.15) is 42.7 Å². The summed E-state index contributed by atoms with van der Waals surface area (Å²) < 4.78 is 0. The molecule has 0 atom stereocenters. The molecule has 0 bridgehead atoms. The maximum Gasteiger partial charge on any atom is 0.274 e. The Kier molecular flexibility index (Phi) is 4.55. The van der Waals surface area contributed by atoms with Gasteiger partial charge in [-0.25, -0.2) is 0 Å². The van der Waals surface area contributed by atoms with Gasteiger partial charge in [0.1, 0.15) is 5.82 Å². The van der Waals surface area contributed by atoms with Gasteiger partial charge in [-0.15, -0.1) is 10.2 Å². The number of carbonyl (C=O) groups is 1. The number of anilines is 1. The number of nitrogens with one attached hydrogen (secondary N) is 1. The summed E-state index contributed by atoms with van der Waals surface area (Å²) in [6.07, 6.45) is 2.36. The summed E-state index contributed by atoms with van der Waals surface area (Å²) in [6.45, 7) is 4.59. The summed E-state index contributed by atoms with van der Waals surface area (Å²) in [5.74, 6) is 0.650. The maximum absolute atomic E-state index is 12.7. The van der Waals surface area contributed by atoms with Gasteiger partial charge in [-0.1, -0.05) is 30.3 Å². The molecule has 1 saturated carbocycles. The molecule has 1 fully saturated rings. The molecule has 0 unspecified atom stereocenters. The number of hydrogen-bond acceptors (Lipinski definition) is 4. The second-order valence-corrected chi connectivity index (χ2v) is 6.23. The number of aromatic nitrogens is 2. The van der Waals surface area contributed by atoms with E-state index in [4.69, 9.17) is 0 Å². The first-order chi connectivity index (χ1) is 11.1. The van der Waals surface area contributed by atoms with E-state index in [2.05, 4.69) is 15.5 Å². The molecular formula is C18H22N4O. The molecule has 1 amide bonds. The van der Waals surface area contributed by atoms with E-state index in [1.165, 1.54) is 12.8 Å². The van der Waals surface area contributed by atoms with Gasteiger partial charge >= 0.3 is 0 Å². The lowest BCUT2D eigenvalue weighted by Gasteiger charge is -2.26. The van der Waals surface area contributed by atoms with Crippen LogP contribution >= 0.6 is 0 Å². The van der Waals surface area contributed by atoms with Crippen molar-refractivity contribution in [3.05, 3.63) is 53.7 Å². The zero-order valence-corrected chi connectivity index (χ0v) is 13.6. The van der Waals surface area contributed by atoms with Gasteiger partial charge in [-0.3, -0.25) is 4.79 Å². The molecule has 1 heterocycles. The molecule has 5 nitrogen and oxygen atoms in total. The third-order valence-electron chi connectivity index (χ3n) is 3.89. The fourth-order valence-corrected chi connectivity index (χ4v) is 2.38. The quantitative estimate of drug-likeness (QED) is 0.890. The molecule has 3 rings (SSSR count). The lowest BCUT2D eigenvalue weighted by atomic mass is 10.1. The van der Waals surface area contributed by atoms with E-state index in [0.29, 0.717) is 18.3 Å². The lowest BCUT2D eigenvalue weighted by molar-refractivity contribution is 0.0683. The minimum Gasteiger partial charge on any atom is -0.366 e. The van der Waals surface area contributed by atoms with Crippen LogP contribution < -0.4 is 5.32 Å². The van der Waals surface area contributed by atoms with Crippen molar-refractivity contribution >= 4 is 11.7 Å². The van der Waals surface area contributed by atoms with E-state index in [1.54, 1.807) is 6.07 Å². The molecule has 1 aliphatic rings. The van der Waals surface area contributed by atoms with Gasteiger partial charge in [-0.05, 0) is 44.4 Å². The number of benzene rings is 1. The highest BCUT2D eigenvalue weighted by Gasteiger charge is 2.23. The van der Waals surface area contributed by atoms with Crippen molar-refractivity contribution in [2.24, 2.45) is 0 Å². The van der Waals surface area contributed by atoms with Crippen molar-refractivity contribution in [3.63, 3.8) is 0 Å². The molecule has 1 aromatic carbocycles. The predicted octanol–water partition coefficient (Wildman–Crippen LogP) is 3.10. The van der Waals surface area contributed by atoms with Gasteiger partial charge < -0.3 is 10.2 Å². The third kappa shape index (κ3) is 4.06. The first-order valence-corrected chi connectivity index (χ1v) is 8.08. The topological polar surface area (TPSA) is 58.1 Å². The molecule has 1 aliphatic carbocycles. The zero-order valence-electron chi connectivity index (χ0n) is 13.6. The van der Waals surface area contributed by atoms with Crippen LogP contribution in [-0.4, -0.2) is 33.1 Å². The van der Waals surface area contributed by atoms with Crippen LogP contribution in [-0.2, 0) is 6.54 Å². The SMILES string of the molecule is CC(C)N(Cc1ccccc1)C(=O)c1ccc(NC2CC2)nn1. The Balaban J connectivity index is 1.72. The molecule has 120 valence electrons. The average Bonchev–Trinajstić information content (AvgIpc) is 3.37. The molecule has 23 heavy (non-hydrogen) atoms. The van der Waals surface area contributed by atoms with E-state index in [9.17, 15) is 4.79 Å². The van der Waals surface area contributed by atoms with E-state index < -0.39 is 0 Å². The Morgan fingerprint density at radius 2 is 1.91 bits per heavy atom. The standard InChI is InChI=1S/C18H22N4O/c1-13(2)22(12-14-6-4-3-5-7-14)18(23)16-10-11-17(21-20-16)19-15-8-9-15/h3-7,10-11,13,15H,8-9,12H2,1-2H3,(H,19,21). The Morgan fingerprint density at radius 1 is 1.17 bits per heavy atom. The molecule has 1 aromatic heterocycles. The van der Waals surface area contributed by atoms with E-state index >= 15 is 0 Å². The molecule has 0 radical (unpaired) electrons. The highest BCUT2D eigenvalue weighted by Crippen LogP contribution is 2.23. The second-order valence-electron chi connectivity index (χ2n) is 6.23. The predicted molar refractivity (Wildman–Crippen MR) is 90.1 cm³/mol. The van der Waals surface area contributed by atoms with Gasteiger partial charge in [0.05, 0.1) is 0 Å². The van der Waals surface area contributed by atoms with Crippen molar-refractivity contribution < 1.29 is 4.79 Å². The van der Waals surface area contributed by atoms with Gasteiger partial charge in [0.15, 0.2) is 5.69 Å². The van der Waals surface area contributed by atoms with E-state index in [-0.39, 0.29) is 11.9 Å². The average molecular weight is 310 g/mol. The number of rotatable bonds is 6. The van der Waals surface area contributed by atoms with Gasteiger partial charge in [-0.2, -0.15) is 0 Å². The second kappa shape index (κ2) is 6.77. The van der Waals surface area contributed by atoms with Gasteiger partial charge in [0.2, 0.25) is 0 Å². The minimum atomic E-state index is -0.0886. The first kappa shape index (κ1) is 15.5. The molecule has 5 heteroatoms. The Morgan fingerprint density at radius 3 is 2.48 bits per heavy atom. The third-order valence-corrected chi connectivity index (χ3v) is 3.89. The smallest absolute Gasteiger partial charge is 0.274 e. The monoisotopic (exact) mass is 310 g/mol. The normalized spacial score (nSPS) is 13.9. The number of hydrogen-bond donors (Lipinski definition) is 1. The largest absolute Gasteiger partial charge is 0.366 e. The van der Waals surface area contributed by atoms with Crippen LogP contribution in [0.4, 0.5) is 5.82 Å². The molecule has 0 spiro atoms. The van der Waals surface area contributed by atoms with Crippen molar-refractivity contribution in [1.29, 1.82) is 0 Å².